The van der Waals surface area contributed by atoms with Crippen molar-refractivity contribution in [3.8, 4) is 0 Å². The van der Waals surface area contributed by atoms with E-state index in [9.17, 15) is 8.78 Å². The third kappa shape index (κ3) is 6.34. The van der Waals surface area contributed by atoms with E-state index >= 15 is 0 Å². The van der Waals surface area contributed by atoms with E-state index < -0.39 is 6.43 Å². The van der Waals surface area contributed by atoms with Gasteiger partial charge in [0.25, 0.3) is 0 Å². The van der Waals surface area contributed by atoms with Crippen molar-refractivity contribution in [2.45, 2.75) is 12.8 Å². The van der Waals surface area contributed by atoms with Crippen LogP contribution in [0, 0.1) is 6.43 Å². The second kappa shape index (κ2) is 4.50. The quantitative estimate of drug-likeness (QED) is 0.574. The van der Waals surface area contributed by atoms with Crippen LogP contribution in [0.2, 0.25) is 0 Å². The Hall–Kier alpha value is 0.340. The lowest BCUT2D eigenvalue weighted by Gasteiger charge is -1.88. The second-order valence-corrected chi connectivity index (χ2v) is 1.92. The van der Waals surface area contributed by atoms with Crippen LogP contribution in [-0.2, 0) is 0 Å². The summed E-state index contributed by atoms with van der Waals surface area (Å²) in [6, 6.07) is 0. The van der Waals surface area contributed by atoms with Gasteiger partial charge in [0, 0.05) is 11.8 Å². The summed E-state index contributed by atoms with van der Waals surface area (Å²) in [4.78, 5) is 0. The smallest absolute Gasteiger partial charge is 0.200 e. The van der Waals surface area contributed by atoms with Crippen molar-refractivity contribution in [2.24, 2.45) is 0 Å². The van der Waals surface area contributed by atoms with E-state index in [0.717, 1.165) is 0 Å². The van der Waals surface area contributed by atoms with Crippen LogP contribution in [0.1, 0.15) is 12.8 Å². The lowest BCUT2D eigenvalue weighted by atomic mass is 10.4. The van der Waals surface area contributed by atoms with E-state index in [2.05, 4.69) is 15.9 Å². The Balaban J connectivity index is 2.68. The van der Waals surface area contributed by atoms with E-state index in [1.807, 2.05) is 0 Å². The molecule has 0 bridgehead atoms. The van der Waals surface area contributed by atoms with E-state index in [4.69, 9.17) is 0 Å². The molecule has 0 amide bonds. The molecular weight excluding hydrogens is 166 g/mol. The van der Waals surface area contributed by atoms with Gasteiger partial charge in [-0.1, -0.05) is 15.9 Å². The largest absolute Gasteiger partial charge is 0.310 e. The van der Waals surface area contributed by atoms with Crippen LogP contribution in [0.3, 0.4) is 0 Å². The summed E-state index contributed by atoms with van der Waals surface area (Å²) >= 11 is 3.03. The molecule has 0 fully saturated rings. The highest BCUT2D eigenvalue weighted by atomic mass is 79.9. The fourth-order valence-corrected chi connectivity index (χ4v) is 0.481. The van der Waals surface area contributed by atoms with E-state index in [1.165, 1.54) is 0 Å². The van der Waals surface area contributed by atoms with Gasteiger partial charge in [0.2, 0.25) is 0 Å². The Morgan fingerprint density at radius 1 is 1.43 bits per heavy atom. The molecule has 0 aliphatic rings. The monoisotopic (exact) mass is 171 g/mol. The van der Waals surface area contributed by atoms with Gasteiger partial charge in [-0.05, 0) is 6.42 Å². The van der Waals surface area contributed by atoms with Crippen LogP contribution in [0.5, 0.6) is 0 Å². The minimum absolute atomic E-state index is 0.0642. The highest BCUT2D eigenvalue weighted by molar-refractivity contribution is 9.09. The van der Waals surface area contributed by atoms with Crippen molar-refractivity contribution in [3.05, 3.63) is 6.43 Å². The van der Waals surface area contributed by atoms with Gasteiger partial charge in [0.05, 0.1) is 0 Å². The maximum absolute atomic E-state index is 11.1. The van der Waals surface area contributed by atoms with Crippen molar-refractivity contribution < 1.29 is 8.78 Å². The zero-order valence-electron chi connectivity index (χ0n) is 3.76. The molecule has 3 heteroatoms. The molecule has 0 spiro atoms. The maximum Gasteiger partial charge on any atom is 0.310 e. The van der Waals surface area contributed by atoms with E-state index in [0.29, 0.717) is 11.8 Å². The molecule has 7 heavy (non-hydrogen) atoms. The molecule has 0 aliphatic carbocycles. The van der Waals surface area contributed by atoms with Crippen molar-refractivity contribution in [1.82, 2.24) is 0 Å². The summed E-state index contributed by atoms with van der Waals surface area (Å²) < 4.78 is 22.2. The van der Waals surface area contributed by atoms with Crippen LogP contribution >= 0.6 is 15.9 Å². The first-order chi connectivity index (χ1) is 3.27. The first-order valence-electron chi connectivity index (χ1n) is 2.00. The SMILES string of the molecule is F[C](F)CCCBr. The third-order valence-corrected chi connectivity index (χ3v) is 1.06. The first kappa shape index (κ1) is 7.34. The molecule has 0 aromatic rings. The Kier molecular flexibility index (Phi) is 4.72. The Morgan fingerprint density at radius 2 is 2.00 bits per heavy atom. The normalized spacial score (nSPS) is 10.3. The zero-order valence-corrected chi connectivity index (χ0v) is 5.34. The van der Waals surface area contributed by atoms with E-state index in [1.54, 1.807) is 0 Å². The molecule has 0 aromatic heterocycles. The molecule has 0 rings (SSSR count). The summed E-state index contributed by atoms with van der Waals surface area (Å²) in [6.45, 7) is 0. The fraction of sp³-hybridized carbons (Fsp3) is 0.750. The van der Waals surface area contributed by atoms with Gasteiger partial charge in [-0.15, -0.1) is 0 Å². The Labute approximate surface area is 50.0 Å². The molecule has 1 radical (unpaired) electrons. The third-order valence-electron chi connectivity index (χ3n) is 0.499. The summed E-state index contributed by atoms with van der Waals surface area (Å²) in [5.41, 5.74) is 0. The van der Waals surface area contributed by atoms with Crippen LogP contribution in [-0.4, -0.2) is 5.33 Å². The number of hydrogen-bond acceptors (Lipinski definition) is 0. The number of alkyl halides is 1. The van der Waals surface area contributed by atoms with Crippen molar-refractivity contribution in [2.75, 3.05) is 5.33 Å². The minimum Gasteiger partial charge on any atom is -0.200 e. The molecule has 0 saturated heterocycles. The number of hydrogen-bond donors (Lipinski definition) is 0. The summed E-state index contributed by atoms with van der Waals surface area (Å²) in [5, 5.41) is 0.657. The Morgan fingerprint density at radius 3 is 2.14 bits per heavy atom. The molecule has 0 atom stereocenters. The predicted molar refractivity (Wildman–Crippen MR) is 28.5 cm³/mol. The Bertz CT molecular complexity index is 38.7. The van der Waals surface area contributed by atoms with Crippen LogP contribution in [0.4, 0.5) is 8.78 Å². The van der Waals surface area contributed by atoms with Gasteiger partial charge in [0.15, 0.2) is 0 Å². The zero-order chi connectivity index (χ0) is 5.70. The van der Waals surface area contributed by atoms with Crippen molar-refractivity contribution in [3.63, 3.8) is 0 Å². The predicted octanol–water partition coefficient (Wildman–Crippen LogP) is 2.59. The van der Waals surface area contributed by atoms with Crippen molar-refractivity contribution >= 4 is 15.9 Å². The molecule has 43 valence electrons. The average Bonchev–Trinajstić information content (AvgIpc) is 1.61. The molecule has 0 N–H and O–H groups in total. The summed E-state index contributed by atoms with van der Waals surface area (Å²) in [7, 11) is 0. The van der Waals surface area contributed by atoms with Gasteiger partial charge < -0.3 is 0 Å². The lowest BCUT2D eigenvalue weighted by Crippen LogP contribution is -1.79. The lowest BCUT2D eigenvalue weighted by molar-refractivity contribution is 0.269. The topological polar surface area (TPSA) is 0 Å². The highest BCUT2D eigenvalue weighted by Crippen LogP contribution is 2.11. The number of rotatable bonds is 3. The van der Waals surface area contributed by atoms with Gasteiger partial charge >= 0.3 is 6.43 Å². The molecule has 0 saturated carbocycles. The van der Waals surface area contributed by atoms with E-state index in [-0.39, 0.29) is 6.42 Å². The van der Waals surface area contributed by atoms with Gasteiger partial charge in [-0.2, -0.15) is 8.78 Å². The average molecular weight is 172 g/mol. The van der Waals surface area contributed by atoms with Gasteiger partial charge in [-0.3, -0.25) is 0 Å². The first-order valence-corrected chi connectivity index (χ1v) is 3.12. The van der Waals surface area contributed by atoms with Crippen LogP contribution in [0.15, 0.2) is 0 Å². The molecule has 0 heterocycles. The highest BCUT2D eigenvalue weighted by Gasteiger charge is 2.01. The number of halogens is 3. The standard InChI is InChI=1S/C4H6BrF2/c5-3-1-2-4(6)7/h1-3H2. The summed E-state index contributed by atoms with van der Waals surface area (Å²) in [5.74, 6) is 0. The van der Waals surface area contributed by atoms with Crippen LogP contribution < -0.4 is 0 Å². The van der Waals surface area contributed by atoms with Crippen molar-refractivity contribution in [1.29, 1.82) is 0 Å². The summed E-state index contributed by atoms with van der Waals surface area (Å²) in [6.07, 6.45) is -1.01. The minimum atomic E-state index is -1.47. The molecule has 0 aliphatic heterocycles. The molecule has 0 aromatic carbocycles. The molecule has 0 nitrogen and oxygen atoms in total. The molecular formula is C4H6BrF2. The maximum atomic E-state index is 11.1. The fourth-order valence-electron chi connectivity index (χ4n) is 0.200. The van der Waals surface area contributed by atoms with Gasteiger partial charge in [0.1, 0.15) is 0 Å². The van der Waals surface area contributed by atoms with Crippen LogP contribution in [0.25, 0.3) is 0 Å². The molecule has 0 unspecified atom stereocenters. The van der Waals surface area contributed by atoms with Gasteiger partial charge in [-0.25, -0.2) is 0 Å². The second-order valence-electron chi connectivity index (χ2n) is 1.13.